The summed E-state index contributed by atoms with van der Waals surface area (Å²) in [5, 5.41) is 0. The highest BCUT2D eigenvalue weighted by Gasteiger charge is 2.46. The van der Waals surface area contributed by atoms with Crippen molar-refractivity contribution < 1.29 is 0 Å². The molecule has 1 heterocycles. The summed E-state index contributed by atoms with van der Waals surface area (Å²) in [6.07, 6.45) is 19.7. The molecule has 27 heavy (non-hydrogen) atoms. The van der Waals surface area contributed by atoms with Crippen LogP contribution in [0.4, 0.5) is 0 Å². The van der Waals surface area contributed by atoms with Crippen LogP contribution in [0.25, 0.3) is 0 Å². The number of rotatable bonds is 11. The molecule has 2 atom stereocenters. The van der Waals surface area contributed by atoms with E-state index in [0.29, 0.717) is 0 Å². The van der Waals surface area contributed by atoms with E-state index in [1.165, 1.54) is 64.2 Å². The first-order chi connectivity index (χ1) is 13.3. The highest BCUT2D eigenvalue weighted by Crippen LogP contribution is 2.51. The van der Waals surface area contributed by atoms with Crippen LogP contribution in [0.5, 0.6) is 0 Å². The Labute approximate surface area is 166 Å². The Balaban J connectivity index is 2.05. The summed E-state index contributed by atoms with van der Waals surface area (Å²) in [6, 6.07) is 11.5. The summed E-state index contributed by atoms with van der Waals surface area (Å²) in [4.78, 5) is 4.37. The molecule has 1 aliphatic rings. The Bertz CT molecular complexity index is 628. The Morgan fingerprint density at radius 1 is 1.04 bits per heavy atom. The number of unbranched alkanes of at least 4 members (excludes halogenated alkanes) is 2. The average Bonchev–Trinajstić information content (AvgIpc) is 3.41. The zero-order valence-corrected chi connectivity index (χ0v) is 17.4. The molecule has 1 saturated carbocycles. The van der Waals surface area contributed by atoms with E-state index in [0.717, 1.165) is 18.4 Å². The third-order valence-corrected chi connectivity index (χ3v) is 6.92. The van der Waals surface area contributed by atoms with E-state index in [-0.39, 0.29) is 5.41 Å². The minimum absolute atomic E-state index is 0.238. The number of benzene rings is 1. The van der Waals surface area contributed by atoms with Crippen molar-refractivity contribution in [1.82, 2.24) is 9.55 Å². The molecular weight excluding hydrogens is 328 g/mol. The van der Waals surface area contributed by atoms with E-state index < -0.39 is 0 Å². The van der Waals surface area contributed by atoms with Crippen LogP contribution in [0.15, 0.2) is 49.1 Å². The zero-order chi connectivity index (χ0) is 19.0. The summed E-state index contributed by atoms with van der Waals surface area (Å²) < 4.78 is 2.35. The summed E-state index contributed by atoms with van der Waals surface area (Å²) in [7, 11) is 0. The van der Waals surface area contributed by atoms with Gasteiger partial charge in [0.15, 0.2) is 0 Å². The van der Waals surface area contributed by atoms with Gasteiger partial charge >= 0.3 is 0 Å². The molecule has 3 rings (SSSR count). The number of aromatic nitrogens is 2. The zero-order valence-electron chi connectivity index (χ0n) is 17.4. The highest BCUT2D eigenvalue weighted by molar-refractivity contribution is 5.28. The molecule has 0 N–H and O–H groups in total. The fraction of sp³-hybridized carbons (Fsp3) is 0.640. The highest BCUT2D eigenvalue weighted by atomic mass is 15.0. The van der Waals surface area contributed by atoms with Gasteiger partial charge in [0.05, 0.1) is 6.33 Å². The monoisotopic (exact) mass is 366 g/mol. The van der Waals surface area contributed by atoms with Gasteiger partial charge < -0.3 is 4.57 Å². The molecule has 0 bridgehead atoms. The quantitative estimate of drug-likeness (QED) is 0.391. The molecule has 0 radical (unpaired) electrons. The van der Waals surface area contributed by atoms with Gasteiger partial charge in [-0.3, -0.25) is 0 Å². The van der Waals surface area contributed by atoms with Crippen molar-refractivity contribution in [2.45, 2.75) is 90.0 Å². The van der Waals surface area contributed by atoms with Gasteiger partial charge in [0, 0.05) is 24.4 Å². The Hall–Kier alpha value is -1.57. The average molecular weight is 367 g/mol. The maximum atomic E-state index is 4.37. The Morgan fingerprint density at radius 2 is 1.81 bits per heavy atom. The third kappa shape index (κ3) is 4.65. The SMILES string of the molecule is CCCCCC(CCC)C(Cn1ccnc1)(c1ccccc1)C1CCCC1. The lowest BCUT2D eigenvalue weighted by Gasteiger charge is -2.47. The molecule has 2 unspecified atom stereocenters. The second kappa shape index (κ2) is 10.1. The van der Waals surface area contributed by atoms with E-state index in [9.17, 15) is 0 Å². The molecule has 1 aliphatic carbocycles. The maximum Gasteiger partial charge on any atom is 0.0946 e. The number of imidazole rings is 1. The van der Waals surface area contributed by atoms with Crippen molar-refractivity contribution >= 4 is 0 Å². The molecule has 1 aromatic heterocycles. The van der Waals surface area contributed by atoms with Crippen LogP contribution in [0.3, 0.4) is 0 Å². The van der Waals surface area contributed by atoms with Crippen LogP contribution >= 0.6 is 0 Å². The maximum absolute atomic E-state index is 4.37. The second-order valence-electron chi connectivity index (χ2n) is 8.60. The minimum atomic E-state index is 0.238. The molecule has 0 amide bonds. The van der Waals surface area contributed by atoms with Gasteiger partial charge in [-0.2, -0.15) is 0 Å². The van der Waals surface area contributed by atoms with Gasteiger partial charge in [0.1, 0.15) is 0 Å². The fourth-order valence-corrected chi connectivity index (χ4v) is 5.67. The van der Waals surface area contributed by atoms with E-state index in [1.807, 2.05) is 12.5 Å². The predicted molar refractivity (Wildman–Crippen MR) is 115 cm³/mol. The first-order valence-electron chi connectivity index (χ1n) is 11.3. The molecular formula is C25H38N2. The fourth-order valence-electron chi connectivity index (χ4n) is 5.67. The van der Waals surface area contributed by atoms with E-state index >= 15 is 0 Å². The lowest BCUT2D eigenvalue weighted by Crippen LogP contribution is -2.45. The predicted octanol–water partition coefficient (Wildman–Crippen LogP) is 7.01. The smallest absolute Gasteiger partial charge is 0.0946 e. The number of nitrogens with zero attached hydrogens (tertiary/aromatic N) is 2. The third-order valence-electron chi connectivity index (χ3n) is 6.92. The van der Waals surface area contributed by atoms with Crippen molar-refractivity contribution in [3.63, 3.8) is 0 Å². The van der Waals surface area contributed by atoms with Crippen molar-refractivity contribution in [2.75, 3.05) is 0 Å². The molecule has 0 saturated heterocycles. The van der Waals surface area contributed by atoms with Gasteiger partial charge in [-0.25, -0.2) is 4.98 Å². The van der Waals surface area contributed by atoms with Gasteiger partial charge in [-0.05, 0) is 43.1 Å². The summed E-state index contributed by atoms with van der Waals surface area (Å²) in [6.45, 7) is 5.77. The van der Waals surface area contributed by atoms with Crippen LogP contribution in [0.1, 0.15) is 83.6 Å². The minimum Gasteiger partial charge on any atom is -0.337 e. The molecule has 2 aromatic rings. The summed E-state index contributed by atoms with van der Waals surface area (Å²) in [5.74, 6) is 1.54. The number of hydrogen-bond acceptors (Lipinski definition) is 1. The van der Waals surface area contributed by atoms with Crippen LogP contribution in [0.2, 0.25) is 0 Å². The Kier molecular flexibility index (Phi) is 7.55. The first kappa shape index (κ1) is 20.2. The summed E-state index contributed by atoms with van der Waals surface area (Å²) in [5.41, 5.74) is 1.81. The van der Waals surface area contributed by atoms with Crippen molar-refractivity contribution in [3.8, 4) is 0 Å². The van der Waals surface area contributed by atoms with Crippen molar-refractivity contribution in [2.24, 2.45) is 11.8 Å². The molecule has 148 valence electrons. The second-order valence-corrected chi connectivity index (χ2v) is 8.60. The van der Waals surface area contributed by atoms with Gasteiger partial charge in [-0.15, -0.1) is 0 Å². The van der Waals surface area contributed by atoms with Gasteiger partial charge in [-0.1, -0.05) is 82.7 Å². The van der Waals surface area contributed by atoms with Crippen LogP contribution in [-0.4, -0.2) is 9.55 Å². The van der Waals surface area contributed by atoms with Crippen LogP contribution in [-0.2, 0) is 12.0 Å². The number of hydrogen-bond donors (Lipinski definition) is 0. The van der Waals surface area contributed by atoms with E-state index in [4.69, 9.17) is 0 Å². The normalized spacial score (nSPS) is 18.4. The molecule has 0 aliphatic heterocycles. The largest absolute Gasteiger partial charge is 0.337 e. The first-order valence-corrected chi connectivity index (χ1v) is 11.3. The van der Waals surface area contributed by atoms with Crippen molar-refractivity contribution in [3.05, 3.63) is 54.6 Å². The molecule has 0 spiro atoms. The topological polar surface area (TPSA) is 17.8 Å². The molecule has 2 heteroatoms. The molecule has 2 nitrogen and oxygen atoms in total. The van der Waals surface area contributed by atoms with E-state index in [2.05, 4.69) is 59.9 Å². The van der Waals surface area contributed by atoms with Crippen molar-refractivity contribution in [1.29, 1.82) is 0 Å². The van der Waals surface area contributed by atoms with Gasteiger partial charge in [0.25, 0.3) is 0 Å². The van der Waals surface area contributed by atoms with E-state index in [1.54, 1.807) is 5.56 Å². The summed E-state index contributed by atoms with van der Waals surface area (Å²) >= 11 is 0. The van der Waals surface area contributed by atoms with Crippen LogP contribution < -0.4 is 0 Å². The lowest BCUT2D eigenvalue weighted by molar-refractivity contribution is 0.122. The molecule has 1 fully saturated rings. The molecule has 1 aromatic carbocycles. The lowest BCUT2D eigenvalue weighted by atomic mass is 9.59. The van der Waals surface area contributed by atoms with Gasteiger partial charge in [0.2, 0.25) is 0 Å². The Morgan fingerprint density at radius 3 is 2.44 bits per heavy atom. The standard InChI is InChI=1S/C25H38N2/c1-3-5-7-13-22(12-4-2)25(24-16-10-11-17-24,20-27-19-18-26-21-27)23-14-8-6-9-15-23/h6,8-9,14-15,18-19,21-22,24H,3-5,7,10-13,16-17,20H2,1-2H3. The van der Waals surface area contributed by atoms with Crippen LogP contribution in [0, 0.1) is 11.8 Å².